The summed E-state index contributed by atoms with van der Waals surface area (Å²) in [5.74, 6) is 0.980. The summed E-state index contributed by atoms with van der Waals surface area (Å²) in [6.07, 6.45) is -2.81. The van der Waals surface area contributed by atoms with Gasteiger partial charge in [-0.15, -0.1) is 0 Å². The minimum atomic E-state index is -4.22. The number of fused-ring (bicyclic) bond motifs is 1. The number of rotatable bonds is 6. The Labute approximate surface area is 148 Å². The number of nitrogens with one attached hydrogen (secondary N) is 1. The van der Waals surface area contributed by atoms with Crippen LogP contribution < -0.4 is 15.8 Å². The van der Waals surface area contributed by atoms with Crippen molar-refractivity contribution < 1.29 is 17.9 Å². The zero-order valence-electron chi connectivity index (χ0n) is 13.8. The third-order valence-electron chi connectivity index (χ3n) is 3.71. The molecule has 0 atom stereocenters. The van der Waals surface area contributed by atoms with Crippen LogP contribution in [0.3, 0.4) is 0 Å². The van der Waals surface area contributed by atoms with Crippen molar-refractivity contribution in [1.82, 2.24) is 15.3 Å². The Morgan fingerprint density at radius 2 is 1.85 bits per heavy atom. The van der Waals surface area contributed by atoms with Crippen LogP contribution in [-0.4, -0.2) is 35.8 Å². The summed E-state index contributed by atoms with van der Waals surface area (Å²) in [7, 11) is 0. The lowest BCUT2D eigenvalue weighted by molar-refractivity contribution is -0.124. The number of benzene rings is 2. The minimum Gasteiger partial charge on any atom is -0.492 e. The molecule has 0 aliphatic carbocycles. The van der Waals surface area contributed by atoms with Gasteiger partial charge < -0.3 is 15.8 Å². The summed E-state index contributed by atoms with van der Waals surface area (Å²) in [5.41, 5.74) is 8.46. The van der Waals surface area contributed by atoms with E-state index in [9.17, 15) is 13.2 Å². The van der Waals surface area contributed by atoms with Gasteiger partial charge in [0.05, 0.1) is 12.1 Å². The zero-order chi connectivity index (χ0) is 18.6. The molecule has 3 aromatic rings. The van der Waals surface area contributed by atoms with Crippen molar-refractivity contribution in [2.45, 2.75) is 6.18 Å². The Balaban J connectivity index is 1.68. The van der Waals surface area contributed by atoms with E-state index in [4.69, 9.17) is 10.5 Å². The molecule has 0 saturated heterocycles. The van der Waals surface area contributed by atoms with Crippen LogP contribution in [0, 0.1) is 0 Å². The predicted octanol–water partition coefficient (Wildman–Crippen LogP) is 3.41. The fourth-order valence-corrected chi connectivity index (χ4v) is 2.49. The average molecular weight is 362 g/mol. The third-order valence-corrected chi connectivity index (χ3v) is 3.71. The SMILES string of the molecule is Nc1ncnc2ccc(-c3cccc(OCCNCC(F)(F)F)c3)cc12. The lowest BCUT2D eigenvalue weighted by Crippen LogP contribution is -2.31. The monoisotopic (exact) mass is 362 g/mol. The van der Waals surface area contributed by atoms with Gasteiger partial charge in [-0.2, -0.15) is 13.2 Å². The van der Waals surface area contributed by atoms with Crippen molar-refractivity contribution in [3.8, 4) is 16.9 Å². The fraction of sp³-hybridized carbons (Fsp3) is 0.222. The number of alkyl halides is 3. The number of nitrogen functional groups attached to an aromatic ring is 1. The highest BCUT2D eigenvalue weighted by atomic mass is 19.4. The van der Waals surface area contributed by atoms with Gasteiger partial charge in [0.2, 0.25) is 0 Å². The first-order valence-corrected chi connectivity index (χ1v) is 7.93. The highest BCUT2D eigenvalue weighted by Gasteiger charge is 2.25. The molecule has 3 N–H and O–H groups in total. The van der Waals surface area contributed by atoms with E-state index in [0.717, 1.165) is 22.0 Å². The molecule has 2 aromatic carbocycles. The zero-order valence-corrected chi connectivity index (χ0v) is 13.8. The molecule has 8 heteroatoms. The summed E-state index contributed by atoms with van der Waals surface area (Å²) in [6, 6.07) is 13.0. The van der Waals surface area contributed by atoms with E-state index < -0.39 is 12.7 Å². The molecule has 0 unspecified atom stereocenters. The van der Waals surface area contributed by atoms with E-state index in [1.807, 2.05) is 36.4 Å². The number of anilines is 1. The molecule has 3 rings (SSSR count). The van der Waals surface area contributed by atoms with Crippen LogP contribution in [0.25, 0.3) is 22.0 Å². The summed E-state index contributed by atoms with van der Waals surface area (Å²) in [6.45, 7) is -0.789. The summed E-state index contributed by atoms with van der Waals surface area (Å²) >= 11 is 0. The first-order valence-electron chi connectivity index (χ1n) is 7.93. The van der Waals surface area contributed by atoms with Crippen LogP contribution in [0.1, 0.15) is 0 Å². The van der Waals surface area contributed by atoms with Crippen LogP contribution in [0.4, 0.5) is 19.0 Å². The number of nitrogens with zero attached hydrogens (tertiary/aromatic N) is 2. The predicted molar refractivity (Wildman–Crippen MR) is 93.8 cm³/mol. The molecular weight excluding hydrogens is 345 g/mol. The van der Waals surface area contributed by atoms with Gasteiger partial charge in [-0.1, -0.05) is 18.2 Å². The molecule has 0 spiro atoms. The van der Waals surface area contributed by atoms with Crippen molar-refractivity contribution in [3.63, 3.8) is 0 Å². The molecule has 0 bridgehead atoms. The van der Waals surface area contributed by atoms with Gasteiger partial charge in [0, 0.05) is 11.9 Å². The Hall–Kier alpha value is -2.87. The highest BCUT2D eigenvalue weighted by Crippen LogP contribution is 2.28. The molecule has 1 heterocycles. The van der Waals surface area contributed by atoms with Crippen LogP contribution in [-0.2, 0) is 0 Å². The second-order valence-corrected chi connectivity index (χ2v) is 5.66. The van der Waals surface area contributed by atoms with Gasteiger partial charge in [0.25, 0.3) is 0 Å². The Morgan fingerprint density at radius 1 is 1.04 bits per heavy atom. The maximum absolute atomic E-state index is 12.1. The molecule has 0 saturated carbocycles. The number of ether oxygens (including phenoxy) is 1. The van der Waals surface area contributed by atoms with Gasteiger partial charge in [-0.3, -0.25) is 0 Å². The molecule has 0 fully saturated rings. The number of nitrogens with two attached hydrogens (primary N) is 1. The minimum absolute atomic E-state index is 0.105. The van der Waals surface area contributed by atoms with Gasteiger partial charge in [0.1, 0.15) is 24.5 Å². The summed E-state index contributed by atoms with van der Waals surface area (Å²) < 4.78 is 41.7. The lowest BCUT2D eigenvalue weighted by atomic mass is 10.0. The topological polar surface area (TPSA) is 73.1 Å². The second-order valence-electron chi connectivity index (χ2n) is 5.66. The van der Waals surface area contributed by atoms with Crippen molar-refractivity contribution in [2.75, 3.05) is 25.4 Å². The Morgan fingerprint density at radius 3 is 2.65 bits per heavy atom. The van der Waals surface area contributed by atoms with Crippen molar-refractivity contribution in [3.05, 3.63) is 48.8 Å². The van der Waals surface area contributed by atoms with Gasteiger partial charge >= 0.3 is 6.18 Å². The van der Waals surface area contributed by atoms with Crippen molar-refractivity contribution >= 4 is 16.7 Å². The van der Waals surface area contributed by atoms with E-state index >= 15 is 0 Å². The summed E-state index contributed by atoms with van der Waals surface area (Å²) in [4.78, 5) is 8.16. The van der Waals surface area contributed by atoms with Gasteiger partial charge in [-0.25, -0.2) is 9.97 Å². The Bertz CT molecular complexity index is 899. The highest BCUT2D eigenvalue weighted by molar-refractivity contribution is 5.91. The van der Waals surface area contributed by atoms with Crippen LogP contribution in [0.15, 0.2) is 48.8 Å². The smallest absolute Gasteiger partial charge is 0.401 e. The molecule has 0 amide bonds. The Kier molecular flexibility index (Phi) is 5.22. The number of hydrogen-bond acceptors (Lipinski definition) is 5. The van der Waals surface area contributed by atoms with E-state index in [-0.39, 0.29) is 13.2 Å². The molecule has 0 radical (unpaired) electrons. The fourth-order valence-electron chi connectivity index (χ4n) is 2.49. The van der Waals surface area contributed by atoms with Crippen LogP contribution in [0.2, 0.25) is 0 Å². The lowest BCUT2D eigenvalue weighted by Gasteiger charge is -2.11. The molecule has 5 nitrogen and oxygen atoms in total. The van der Waals surface area contributed by atoms with E-state index in [1.54, 1.807) is 6.07 Å². The second kappa shape index (κ2) is 7.57. The first kappa shape index (κ1) is 17.9. The van der Waals surface area contributed by atoms with E-state index in [0.29, 0.717) is 11.6 Å². The first-order chi connectivity index (χ1) is 12.4. The number of hydrogen-bond donors (Lipinski definition) is 2. The normalized spacial score (nSPS) is 11.7. The molecule has 136 valence electrons. The molecule has 0 aliphatic heterocycles. The third kappa shape index (κ3) is 4.60. The number of aromatic nitrogens is 2. The van der Waals surface area contributed by atoms with E-state index in [1.165, 1.54) is 6.33 Å². The quantitative estimate of drug-likeness (QED) is 0.658. The number of halogens is 3. The van der Waals surface area contributed by atoms with Crippen molar-refractivity contribution in [2.24, 2.45) is 0 Å². The van der Waals surface area contributed by atoms with E-state index in [2.05, 4.69) is 15.3 Å². The molecule has 26 heavy (non-hydrogen) atoms. The largest absolute Gasteiger partial charge is 0.492 e. The maximum Gasteiger partial charge on any atom is 0.401 e. The van der Waals surface area contributed by atoms with Gasteiger partial charge in [-0.05, 0) is 35.4 Å². The van der Waals surface area contributed by atoms with Gasteiger partial charge in [0.15, 0.2) is 0 Å². The standard InChI is InChI=1S/C18H17F3N4O/c19-18(20,21)10-23-6-7-26-14-3-1-2-12(8-14)13-4-5-16-15(9-13)17(22)25-11-24-16/h1-5,8-9,11,23H,6-7,10H2,(H2,22,24,25). The molecule has 0 aliphatic rings. The average Bonchev–Trinajstić information content (AvgIpc) is 2.61. The molecular formula is C18H17F3N4O. The van der Waals surface area contributed by atoms with Crippen LogP contribution >= 0.6 is 0 Å². The summed E-state index contributed by atoms with van der Waals surface area (Å²) in [5, 5.41) is 3.05. The van der Waals surface area contributed by atoms with Crippen LogP contribution in [0.5, 0.6) is 5.75 Å². The van der Waals surface area contributed by atoms with Crippen molar-refractivity contribution in [1.29, 1.82) is 0 Å². The maximum atomic E-state index is 12.1. The molecule has 1 aromatic heterocycles.